The molecule has 2 aromatic heterocycles. The molecule has 3 heterocycles. The van der Waals surface area contributed by atoms with E-state index in [4.69, 9.17) is 10.5 Å². The number of ether oxygens (including phenoxy) is 1. The first kappa shape index (κ1) is 15.1. The summed E-state index contributed by atoms with van der Waals surface area (Å²) in [5.41, 5.74) is 3.81. The minimum atomic E-state index is -2.33. The third-order valence-electron chi connectivity index (χ3n) is 3.96. The average Bonchev–Trinajstić information content (AvgIpc) is 2.93. The van der Waals surface area contributed by atoms with Crippen molar-refractivity contribution in [3.05, 3.63) is 17.7 Å². The number of fused-ring (bicyclic) bond motifs is 1. The molecular weight excluding hydrogens is 294 g/mol. The summed E-state index contributed by atoms with van der Waals surface area (Å²) in [6, 6.07) is 0. The van der Waals surface area contributed by atoms with E-state index in [0.29, 0.717) is 5.82 Å². The summed E-state index contributed by atoms with van der Waals surface area (Å²) < 4.78 is 6.49. The number of aliphatic hydroxyl groups excluding tert-OH is 2. The Hall–Kier alpha value is -1.85. The second-order valence-electron chi connectivity index (χ2n) is 5.50. The second kappa shape index (κ2) is 4.57. The fourth-order valence-electron chi connectivity index (χ4n) is 2.67. The summed E-state index contributed by atoms with van der Waals surface area (Å²) in [5, 5.41) is 44.7. The van der Waals surface area contributed by atoms with E-state index in [1.54, 1.807) is 6.92 Å². The third-order valence-corrected chi connectivity index (χ3v) is 3.96. The Bertz CT molecular complexity index is 732. The number of imidazole rings is 1. The Balaban J connectivity index is 2.22. The Morgan fingerprint density at radius 1 is 1.45 bits per heavy atom. The number of hydrogen-bond acceptors (Lipinski definition) is 9. The summed E-state index contributed by atoms with van der Waals surface area (Å²) in [7, 11) is 0. The molecule has 120 valence electrons. The van der Waals surface area contributed by atoms with Gasteiger partial charge in [0, 0.05) is 0 Å². The number of hydrogen-bond donors (Lipinski definition) is 5. The molecule has 0 saturated carbocycles. The molecule has 1 fully saturated rings. The van der Waals surface area contributed by atoms with Crippen LogP contribution in [0.2, 0.25) is 0 Å². The first-order valence-corrected chi connectivity index (χ1v) is 6.62. The van der Waals surface area contributed by atoms with Crippen LogP contribution in [0, 0.1) is 6.92 Å². The summed E-state index contributed by atoms with van der Waals surface area (Å²) in [6.45, 7) is 2.22. The minimum Gasteiger partial charge on any atom is -0.394 e. The minimum absolute atomic E-state index is 0.0281. The summed E-state index contributed by atoms with van der Waals surface area (Å²) in [5.74, 6) is -1.91. The van der Waals surface area contributed by atoms with Crippen molar-refractivity contribution in [1.82, 2.24) is 19.6 Å². The topological polar surface area (TPSA) is 159 Å². The van der Waals surface area contributed by atoms with E-state index in [9.17, 15) is 20.4 Å². The number of rotatable bonds is 2. The van der Waals surface area contributed by atoms with E-state index in [1.165, 1.54) is 17.6 Å². The Morgan fingerprint density at radius 3 is 2.73 bits per heavy atom. The van der Waals surface area contributed by atoms with Crippen LogP contribution in [0.25, 0.3) is 5.65 Å². The Labute approximate surface area is 124 Å². The van der Waals surface area contributed by atoms with Crippen molar-refractivity contribution in [1.29, 1.82) is 0 Å². The molecule has 0 unspecified atom stereocenters. The van der Waals surface area contributed by atoms with Crippen molar-refractivity contribution in [3.8, 4) is 0 Å². The van der Waals surface area contributed by atoms with Gasteiger partial charge in [-0.05, 0) is 13.8 Å². The first-order chi connectivity index (χ1) is 10.2. The molecule has 2 aromatic rings. The van der Waals surface area contributed by atoms with Crippen molar-refractivity contribution in [3.63, 3.8) is 0 Å². The Morgan fingerprint density at radius 2 is 2.14 bits per heavy atom. The summed E-state index contributed by atoms with van der Waals surface area (Å²) in [6.07, 6.45) is -1.44. The lowest BCUT2D eigenvalue weighted by molar-refractivity contribution is -0.276. The molecule has 1 aliphatic rings. The zero-order valence-electron chi connectivity index (χ0n) is 12.0. The van der Waals surface area contributed by atoms with Crippen molar-refractivity contribution in [2.24, 2.45) is 0 Å². The molecule has 3 rings (SSSR count). The highest BCUT2D eigenvalue weighted by Gasteiger charge is 2.64. The number of aliphatic hydroxyl groups is 4. The number of nitrogens with zero attached hydrogens (tertiary/aromatic N) is 4. The molecule has 10 heteroatoms. The average molecular weight is 311 g/mol. The van der Waals surface area contributed by atoms with E-state index in [0.717, 1.165) is 0 Å². The van der Waals surface area contributed by atoms with E-state index in [1.807, 2.05) is 0 Å². The molecule has 6 N–H and O–H groups in total. The lowest BCUT2D eigenvalue weighted by Crippen LogP contribution is -2.53. The monoisotopic (exact) mass is 311 g/mol. The molecule has 0 aliphatic carbocycles. The van der Waals surface area contributed by atoms with Crippen LogP contribution in [0.1, 0.15) is 18.4 Å². The van der Waals surface area contributed by atoms with Crippen LogP contribution < -0.4 is 5.73 Å². The number of nitrogen functional groups attached to an aromatic ring is 1. The fourth-order valence-corrected chi connectivity index (χ4v) is 2.67. The first-order valence-electron chi connectivity index (χ1n) is 6.62. The van der Waals surface area contributed by atoms with Crippen molar-refractivity contribution in [2.75, 3.05) is 12.3 Å². The van der Waals surface area contributed by atoms with Gasteiger partial charge in [-0.15, -0.1) is 0 Å². The molecule has 1 aliphatic heterocycles. The van der Waals surface area contributed by atoms with Crippen LogP contribution in [0.5, 0.6) is 0 Å². The number of nitrogens with two attached hydrogens (primary N) is 1. The molecule has 10 nitrogen and oxygen atoms in total. The number of aromatic nitrogens is 4. The largest absolute Gasteiger partial charge is 0.394 e. The van der Waals surface area contributed by atoms with Gasteiger partial charge < -0.3 is 30.9 Å². The zero-order valence-corrected chi connectivity index (χ0v) is 12.0. The van der Waals surface area contributed by atoms with Gasteiger partial charge in [-0.1, -0.05) is 0 Å². The van der Waals surface area contributed by atoms with Gasteiger partial charge in [-0.3, -0.25) is 0 Å². The van der Waals surface area contributed by atoms with E-state index in [-0.39, 0.29) is 17.2 Å². The van der Waals surface area contributed by atoms with Gasteiger partial charge in [0.15, 0.2) is 11.5 Å². The molecule has 4 atom stereocenters. The molecule has 0 amide bonds. The summed E-state index contributed by atoms with van der Waals surface area (Å²) in [4.78, 5) is 7.96. The van der Waals surface area contributed by atoms with Crippen LogP contribution in [-0.2, 0) is 10.5 Å². The van der Waals surface area contributed by atoms with Gasteiger partial charge in [0.2, 0.25) is 5.79 Å². The quantitative estimate of drug-likeness (QED) is 0.409. The van der Waals surface area contributed by atoms with Gasteiger partial charge in [0.1, 0.15) is 29.3 Å². The standard InChI is InChI=1S/C12H17N5O5/c1-5-15-9(13)10-14-3-7(17(10)16-5)12(21)11(2,20)8(19)6(4-18)22-12/h3,6,8,18-21H,4H2,1-2H3,(H2,13,15,16)/t6-,8-,11-,12+/m1/s1. The zero-order chi connectivity index (χ0) is 16.3. The predicted octanol–water partition coefficient (Wildman–Crippen LogP) is -2.34. The van der Waals surface area contributed by atoms with Gasteiger partial charge >= 0.3 is 0 Å². The van der Waals surface area contributed by atoms with Crippen molar-refractivity contribution >= 4 is 11.5 Å². The van der Waals surface area contributed by atoms with Crippen LogP contribution in [0.4, 0.5) is 5.82 Å². The highest BCUT2D eigenvalue weighted by atomic mass is 16.7. The molecule has 0 bridgehead atoms. The SMILES string of the molecule is Cc1nc(N)c2ncc([C@]3(O)O[C@H](CO)[C@@H](O)[C@@]3(C)O)n2n1. The van der Waals surface area contributed by atoms with Gasteiger partial charge in [0.05, 0.1) is 12.8 Å². The van der Waals surface area contributed by atoms with E-state index in [2.05, 4.69) is 15.1 Å². The van der Waals surface area contributed by atoms with Crippen LogP contribution in [0.3, 0.4) is 0 Å². The fraction of sp³-hybridized carbons (Fsp3) is 0.583. The molecule has 0 spiro atoms. The lowest BCUT2D eigenvalue weighted by atomic mass is 9.88. The number of aryl methyl sites for hydroxylation is 1. The molecule has 0 aromatic carbocycles. The van der Waals surface area contributed by atoms with Gasteiger partial charge in [0.25, 0.3) is 0 Å². The van der Waals surface area contributed by atoms with E-state index >= 15 is 0 Å². The summed E-state index contributed by atoms with van der Waals surface area (Å²) >= 11 is 0. The maximum absolute atomic E-state index is 10.8. The second-order valence-corrected chi connectivity index (χ2v) is 5.50. The van der Waals surface area contributed by atoms with Gasteiger partial charge in [-0.25, -0.2) is 14.5 Å². The highest BCUT2D eigenvalue weighted by Crippen LogP contribution is 2.45. The maximum Gasteiger partial charge on any atom is 0.244 e. The predicted molar refractivity (Wildman–Crippen MR) is 72.4 cm³/mol. The Kier molecular flexibility index (Phi) is 3.13. The maximum atomic E-state index is 10.8. The van der Waals surface area contributed by atoms with Crippen molar-refractivity contribution < 1.29 is 25.2 Å². The molecular formula is C12H17N5O5. The smallest absolute Gasteiger partial charge is 0.244 e. The van der Waals surface area contributed by atoms with Gasteiger partial charge in [-0.2, -0.15) is 5.10 Å². The molecule has 0 radical (unpaired) electrons. The van der Waals surface area contributed by atoms with Crippen LogP contribution in [-0.4, -0.2) is 64.4 Å². The third kappa shape index (κ3) is 1.76. The lowest BCUT2D eigenvalue weighted by Gasteiger charge is -2.33. The molecule has 22 heavy (non-hydrogen) atoms. The van der Waals surface area contributed by atoms with Crippen molar-refractivity contribution in [2.45, 2.75) is 37.4 Å². The van der Waals surface area contributed by atoms with Crippen LogP contribution in [0.15, 0.2) is 6.20 Å². The highest BCUT2D eigenvalue weighted by molar-refractivity contribution is 5.59. The van der Waals surface area contributed by atoms with Crippen LogP contribution >= 0.6 is 0 Å². The van der Waals surface area contributed by atoms with E-state index < -0.39 is 30.2 Å². The number of anilines is 1. The molecule has 1 saturated heterocycles. The normalized spacial score (nSPS) is 35.4.